The normalized spacial score (nSPS) is 10.2. The SMILES string of the molecule is COC(=N)c1cccc(C)c1[N+](=O)[O-].F[B-](F)(F)F. The highest BCUT2D eigenvalue weighted by atomic mass is 19.5. The minimum Gasteiger partial charge on any atom is -0.481 e. The first kappa shape index (κ1) is 16.9. The van der Waals surface area contributed by atoms with E-state index in [1.54, 1.807) is 19.1 Å². The van der Waals surface area contributed by atoms with Gasteiger partial charge >= 0.3 is 7.25 Å². The Kier molecular flexibility index (Phi) is 5.96. The molecule has 0 amide bonds. The molecule has 106 valence electrons. The van der Waals surface area contributed by atoms with Crippen molar-refractivity contribution in [3.8, 4) is 0 Å². The Morgan fingerprint density at radius 1 is 1.37 bits per heavy atom. The van der Waals surface area contributed by atoms with Crippen LogP contribution >= 0.6 is 0 Å². The second-order valence-corrected chi connectivity index (χ2v) is 3.26. The summed E-state index contributed by atoms with van der Waals surface area (Å²) in [6.07, 6.45) is 0. The maximum Gasteiger partial charge on any atom is 0.673 e. The van der Waals surface area contributed by atoms with Crippen molar-refractivity contribution in [1.29, 1.82) is 5.41 Å². The number of nitro benzene ring substituents is 1. The van der Waals surface area contributed by atoms with Gasteiger partial charge in [0.25, 0.3) is 5.69 Å². The van der Waals surface area contributed by atoms with Crippen molar-refractivity contribution in [3.63, 3.8) is 0 Å². The third-order valence-electron chi connectivity index (χ3n) is 1.87. The fraction of sp³-hybridized carbons (Fsp3) is 0.222. The van der Waals surface area contributed by atoms with Crippen LogP contribution in [0.2, 0.25) is 0 Å². The number of para-hydroxylation sites is 1. The number of halogens is 4. The maximum atomic E-state index is 10.7. The summed E-state index contributed by atoms with van der Waals surface area (Å²) in [7, 11) is -4.69. The Morgan fingerprint density at radius 3 is 2.21 bits per heavy atom. The summed E-state index contributed by atoms with van der Waals surface area (Å²) in [5.74, 6) is -0.194. The van der Waals surface area contributed by atoms with Gasteiger partial charge in [-0.1, -0.05) is 12.1 Å². The number of aryl methyl sites for hydroxylation is 1. The lowest BCUT2D eigenvalue weighted by Gasteiger charge is -2.04. The van der Waals surface area contributed by atoms with E-state index in [2.05, 4.69) is 4.74 Å². The second kappa shape index (κ2) is 6.71. The van der Waals surface area contributed by atoms with Crippen LogP contribution < -0.4 is 0 Å². The average Bonchev–Trinajstić information content (AvgIpc) is 2.24. The van der Waals surface area contributed by atoms with Crippen LogP contribution in [0.25, 0.3) is 0 Å². The highest BCUT2D eigenvalue weighted by molar-refractivity contribution is 6.50. The third-order valence-corrected chi connectivity index (χ3v) is 1.87. The van der Waals surface area contributed by atoms with Gasteiger partial charge in [0.05, 0.1) is 12.0 Å². The van der Waals surface area contributed by atoms with Gasteiger partial charge in [0.15, 0.2) is 0 Å². The van der Waals surface area contributed by atoms with Crippen molar-refractivity contribution < 1.29 is 26.9 Å². The lowest BCUT2D eigenvalue weighted by atomic mass is 10.1. The quantitative estimate of drug-likeness (QED) is 0.226. The highest BCUT2D eigenvalue weighted by Crippen LogP contribution is 2.23. The number of rotatable bonds is 2. The number of methoxy groups -OCH3 is 1. The number of nitro groups is 1. The first-order chi connectivity index (χ1) is 8.57. The first-order valence-corrected chi connectivity index (χ1v) is 4.82. The largest absolute Gasteiger partial charge is 0.673 e. The van der Waals surface area contributed by atoms with E-state index in [1.165, 1.54) is 13.2 Å². The zero-order chi connectivity index (χ0) is 15.2. The molecule has 1 N–H and O–H groups in total. The minimum absolute atomic E-state index is 0.0700. The summed E-state index contributed by atoms with van der Waals surface area (Å²) < 4.78 is 43.7. The van der Waals surface area contributed by atoms with Crippen LogP contribution in [0, 0.1) is 22.4 Å². The van der Waals surface area contributed by atoms with Gasteiger partial charge < -0.3 is 22.0 Å². The smallest absolute Gasteiger partial charge is 0.481 e. The molecule has 5 nitrogen and oxygen atoms in total. The van der Waals surface area contributed by atoms with Gasteiger partial charge in [0.1, 0.15) is 5.56 Å². The Labute approximate surface area is 106 Å². The zero-order valence-electron chi connectivity index (χ0n) is 9.99. The van der Waals surface area contributed by atoms with Crippen LogP contribution in [0.1, 0.15) is 11.1 Å². The van der Waals surface area contributed by atoms with E-state index in [0.29, 0.717) is 5.56 Å². The van der Waals surface area contributed by atoms with E-state index < -0.39 is 12.2 Å². The lowest BCUT2D eigenvalue weighted by molar-refractivity contribution is -0.385. The molecule has 19 heavy (non-hydrogen) atoms. The molecule has 0 bridgehead atoms. The van der Waals surface area contributed by atoms with E-state index >= 15 is 0 Å². The molecule has 0 saturated carbocycles. The van der Waals surface area contributed by atoms with E-state index in [-0.39, 0.29) is 17.1 Å². The van der Waals surface area contributed by atoms with Gasteiger partial charge in [-0.2, -0.15) is 0 Å². The summed E-state index contributed by atoms with van der Waals surface area (Å²) in [6, 6.07) is 4.78. The molecule has 0 fully saturated rings. The second-order valence-electron chi connectivity index (χ2n) is 3.26. The van der Waals surface area contributed by atoms with Crippen LogP contribution in [-0.2, 0) is 4.74 Å². The number of nitrogens with one attached hydrogen (secondary N) is 1. The van der Waals surface area contributed by atoms with Gasteiger partial charge in [-0.25, -0.2) is 0 Å². The van der Waals surface area contributed by atoms with Crippen molar-refractivity contribution in [3.05, 3.63) is 39.4 Å². The number of benzene rings is 1. The van der Waals surface area contributed by atoms with Crippen molar-refractivity contribution in [2.75, 3.05) is 7.11 Å². The van der Waals surface area contributed by atoms with E-state index in [1.807, 2.05) is 0 Å². The molecule has 1 aromatic carbocycles. The lowest BCUT2D eigenvalue weighted by Crippen LogP contribution is -2.06. The summed E-state index contributed by atoms with van der Waals surface area (Å²) in [5, 5.41) is 18.1. The van der Waals surface area contributed by atoms with Gasteiger partial charge in [0.2, 0.25) is 5.90 Å². The molecule has 10 heteroatoms. The number of ether oxygens (including phenoxy) is 1. The van der Waals surface area contributed by atoms with Crippen molar-refractivity contribution in [2.45, 2.75) is 6.92 Å². The molecule has 0 radical (unpaired) electrons. The standard InChI is InChI=1S/C9H10N2O3.BF4/c1-6-4-3-5-7(9(10)14-2)8(6)11(12)13;2-1(3,4)5/h3-5,10H,1-2H3;/q;-1. The Balaban J connectivity index is 0.000000555. The monoisotopic (exact) mass is 281 g/mol. The molecule has 0 aliphatic heterocycles. The molecule has 0 aromatic heterocycles. The van der Waals surface area contributed by atoms with Crippen LogP contribution in [0.15, 0.2) is 18.2 Å². The van der Waals surface area contributed by atoms with Gasteiger partial charge in [-0.15, -0.1) is 0 Å². The van der Waals surface area contributed by atoms with E-state index in [9.17, 15) is 27.4 Å². The first-order valence-electron chi connectivity index (χ1n) is 4.82. The van der Waals surface area contributed by atoms with Crippen molar-refractivity contribution in [2.24, 2.45) is 0 Å². The van der Waals surface area contributed by atoms with Crippen LogP contribution in [0.3, 0.4) is 0 Å². The summed E-state index contributed by atoms with van der Waals surface area (Å²) in [5.41, 5.74) is 0.658. The molecule has 1 rings (SSSR count). The predicted molar refractivity (Wildman–Crippen MR) is 61.9 cm³/mol. The fourth-order valence-electron chi connectivity index (χ4n) is 1.19. The Morgan fingerprint density at radius 2 is 1.84 bits per heavy atom. The summed E-state index contributed by atoms with van der Waals surface area (Å²) >= 11 is 0. The molecular weight excluding hydrogens is 271 g/mol. The molecule has 0 atom stereocenters. The van der Waals surface area contributed by atoms with Crippen LogP contribution in [0.5, 0.6) is 0 Å². The predicted octanol–water partition coefficient (Wildman–Crippen LogP) is 3.17. The van der Waals surface area contributed by atoms with Crippen molar-refractivity contribution in [1.82, 2.24) is 0 Å². The highest BCUT2D eigenvalue weighted by Gasteiger charge is 2.21. The van der Waals surface area contributed by atoms with Gasteiger partial charge in [-0.05, 0) is 13.0 Å². The molecule has 0 heterocycles. The zero-order valence-corrected chi connectivity index (χ0v) is 9.99. The molecule has 1 aromatic rings. The Hall–Kier alpha value is -2.13. The number of hydrogen-bond donors (Lipinski definition) is 1. The average molecular weight is 281 g/mol. The van der Waals surface area contributed by atoms with E-state index in [0.717, 1.165) is 0 Å². The minimum atomic E-state index is -6.00. The van der Waals surface area contributed by atoms with Crippen LogP contribution in [-0.4, -0.2) is 25.2 Å². The molecule has 0 saturated heterocycles. The number of nitrogens with zero attached hydrogens (tertiary/aromatic N) is 1. The Bertz CT molecular complexity index is 473. The molecule has 0 aliphatic carbocycles. The summed E-state index contributed by atoms with van der Waals surface area (Å²) in [4.78, 5) is 10.2. The number of hydrogen-bond acceptors (Lipinski definition) is 4. The molecule has 0 aliphatic rings. The fourth-order valence-corrected chi connectivity index (χ4v) is 1.19. The van der Waals surface area contributed by atoms with Gasteiger partial charge in [0, 0.05) is 5.56 Å². The van der Waals surface area contributed by atoms with Crippen LogP contribution in [0.4, 0.5) is 23.0 Å². The third kappa shape index (κ3) is 6.39. The molecular formula is C9H10BF4N2O3-. The van der Waals surface area contributed by atoms with Crippen molar-refractivity contribution >= 4 is 18.8 Å². The topological polar surface area (TPSA) is 76.2 Å². The van der Waals surface area contributed by atoms with E-state index in [4.69, 9.17) is 5.41 Å². The summed E-state index contributed by atoms with van der Waals surface area (Å²) in [6.45, 7) is 1.63. The molecule has 0 unspecified atom stereocenters. The van der Waals surface area contributed by atoms with Gasteiger partial charge in [-0.3, -0.25) is 15.5 Å². The maximum absolute atomic E-state index is 10.7. The molecule has 0 spiro atoms.